The molecule has 5 rings (SSSR count). The van der Waals surface area contributed by atoms with Crippen LogP contribution in [0.25, 0.3) is 0 Å². The molecule has 0 saturated carbocycles. The molecule has 0 atom stereocenters. The molecule has 0 aromatic carbocycles. The summed E-state index contributed by atoms with van der Waals surface area (Å²) in [5.74, 6) is 0.645. The summed E-state index contributed by atoms with van der Waals surface area (Å²) in [5, 5.41) is 21.8. The Balaban J connectivity index is 0.000000216. The van der Waals surface area contributed by atoms with Crippen LogP contribution in [0.4, 0.5) is 0 Å². The number of aromatic amines is 3. The van der Waals surface area contributed by atoms with Crippen LogP contribution in [0.15, 0.2) is 45.1 Å². The van der Waals surface area contributed by atoms with Gasteiger partial charge in [0.15, 0.2) is 9.93 Å². The number of rotatable bonds is 5. The second kappa shape index (κ2) is 17.6. The molecule has 13 nitrogen and oxygen atoms in total. The van der Waals surface area contributed by atoms with Gasteiger partial charge in [-0.25, -0.2) is 9.67 Å². The molecule has 5 aromatic heterocycles. The molecule has 0 spiro atoms. The van der Waals surface area contributed by atoms with Gasteiger partial charge in [0.25, 0.3) is 11.1 Å². The number of nitrogens with one attached hydrogen (secondary N) is 3. The van der Waals surface area contributed by atoms with Crippen molar-refractivity contribution in [2.75, 3.05) is 0 Å². The van der Waals surface area contributed by atoms with Gasteiger partial charge in [-0.05, 0) is 85.8 Å². The number of aliphatic hydroxyl groups excluding tert-OH is 1. The Morgan fingerprint density at radius 3 is 1.59 bits per heavy atom. The predicted octanol–water partition coefficient (Wildman–Crippen LogP) is 4.68. The van der Waals surface area contributed by atoms with Gasteiger partial charge in [0.1, 0.15) is 6.73 Å². The third kappa shape index (κ3) is 12.6. The van der Waals surface area contributed by atoms with Crippen LogP contribution < -0.4 is 11.1 Å². The standard InChI is InChI=1S/C11H14N4OS.C6H9BrN2.C6H10N2O.C5H6N2OS/c1-7-5-10(16)13-11(12-7)17-6-15-9(3)4-8(2)14-15;1-5-3-6(2)9(4-7)8-5;1-5-3-6(2)8(4-9)7-5;1-3-2-4(8)7-5(9)6-3/h4-5H,6H2,1-3H3,(H,12,13,16);3H,4H2,1-2H3;3,9H,4H2,1-2H3;2H,1H3,(H2,6,7,8,9). The summed E-state index contributed by atoms with van der Waals surface area (Å²) in [5.41, 5.74) is 8.33. The summed E-state index contributed by atoms with van der Waals surface area (Å²) < 4.78 is 5.73. The van der Waals surface area contributed by atoms with E-state index in [0.29, 0.717) is 15.8 Å². The first-order valence-electron chi connectivity index (χ1n) is 13.4. The van der Waals surface area contributed by atoms with Gasteiger partial charge in [-0.1, -0.05) is 27.7 Å². The van der Waals surface area contributed by atoms with Crippen molar-refractivity contribution in [1.29, 1.82) is 0 Å². The van der Waals surface area contributed by atoms with Crippen LogP contribution in [0.2, 0.25) is 0 Å². The molecule has 0 amide bonds. The van der Waals surface area contributed by atoms with E-state index in [2.05, 4.69) is 69.4 Å². The maximum Gasteiger partial charge on any atom is 0.251 e. The predicted molar refractivity (Wildman–Crippen MR) is 179 cm³/mol. The highest BCUT2D eigenvalue weighted by Gasteiger charge is 2.04. The summed E-state index contributed by atoms with van der Waals surface area (Å²) >= 11 is 9.46. The third-order valence-corrected chi connectivity index (χ3v) is 7.14. The molecule has 0 aliphatic rings. The average molecular weight is 708 g/mol. The molecule has 238 valence electrons. The highest BCUT2D eigenvalue weighted by atomic mass is 79.9. The summed E-state index contributed by atoms with van der Waals surface area (Å²) in [6, 6.07) is 8.94. The van der Waals surface area contributed by atoms with E-state index in [0.717, 1.165) is 45.3 Å². The third-order valence-electron chi connectivity index (χ3n) is 5.62. The van der Waals surface area contributed by atoms with Crippen LogP contribution in [0.3, 0.4) is 0 Å². The summed E-state index contributed by atoms with van der Waals surface area (Å²) in [7, 11) is 0. The molecule has 44 heavy (non-hydrogen) atoms. The number of thioether (sulfide) groups is 1. The Kier molecular flexibility index (Phi) is 14.7. The lowest BCUT2D eigenvalue weighted by Gasteiger charge is -2.03. The molecule has 16 heteroatoms. The fourth-order valence-corrected chi connectivity index (χ4v) is 5.41. The van der Waals surface area contributed by atoms with E-state index >= 15 is 0 Å². The number of H-pyrrole nitrogens is 3. The quantitative estimate of drug-likeness (QED) is 0.0878. The molecule has 0 aliphatic heterocycles. The summed E-state index contributed by atoms with van der Waals surface area (Å²) in [6.07, 6.45) is 0. The van der Waals surface area contributed by atoms with E-state index in [-0.39, 0.29) is 17.8 Å². The molecule has 5 heterocycles. The van der Waals surface area contributed by atoms with Crippen LogP contribution in [0.5, 0.6) is 0 Å². The minimum Gasteiger partial charge on any atom is -0.374 e. The number of nitrogens with zero attached hydrogens (tertiary/aromatic N) is 7. The first-order chi connectivity index (χ1) is 20.7. The second-order valence-electron chi connectivity index (χ2n) is 9.78. The lowest BCUT2D eigenvalue weighted by Crippen LogP contribution is -2.09. The Bertz CT molecular complexity index is 1740. The zero-order valence-electron chi connectivity index (χ0n) is 26.1. The maximum atomic E-state index is 11.3. The average Bonchev–Trinajstić information content (AvgIpc) is 3.55. The summed E-state index contributed by atoms with van der Waals surface area (Å²) in [4.78, 5) is 34.0. The van der Waals surface area contributed by atoms with Crippen molar-refractivity contribution in [3.63, 3.8) is 0 Å². The molecule has 0 fully saturated rings. The van der Waals surface area contributed by atoms with E-state index in [1.807, 2.05) is 70.0 Å². The first-order valence-corrected chi connectivity index (χ1v) is 15.9. The van der Waals surface area contributed by atoms with Gasteiger partial charge in [0, 0.05) is 40.6 Å². The zero-order chi connectivity index (χ0) is 33.0. The van der Waals surface area contributed by atoms with E-state index in [1.54, 1.807) is 11.6 Å². The van der Waals surface area contributed by atoms with Gasteiger partial charge in [0.2, 0.25) is 0 Å². The summed E-state index contributed by atoms with van der Waals surface area (Å²) in [6.45, 7) is 15.4. The molecular weight excluding hydrogens is 668 g/mol. The number of aryl methyl sites for hydroxylation is 8. The van der Waals surface area contributed by atoms with Gasteiger partial charge in [0.05, 0.1) is 28.4 Å². The van der Waals surface area contributed by atoms with Crippen LogP contribution in [0, 0.1) is 60.2 Å². The number of halogens is 1. The van der Waals surface area contributed by atoms with Crippen molar-refractivity contribution in [2.45, 2.75) is 78.6 Å². The van der Waals surface area contributed by atoms with Crippen molar-refractivity contribution >= 4 is 39.9 Å². The van der Waals surface area contributed by atoms with Crippen molar-refractivity contribution < 1.29 is 5.11 Å². The molecule has 5 aromatic rings. The number of alkyl halides is 1. The van der Waals surface area contributed by atoms with Gasteiger partial charge in [-0.3, -0.25) is 23.9 Å². The Labute approximate surface area is 273 Å². The number of hydrogen-bond donors (Lipinski definition) is 4. The topological polar surface area (TPSA) is 168 Å². The fourth-order valence-electron chi connectivity index (χ4n) is 3.75. The van der Waals surface area contributed by atoms with Crippen molar-refractivity contribution in [3.8, 4) is 0 Å². The minimum atomic E-state index is -0.156. The van der Waals surface area contributed by atoms with Crippen LogP contribution in [-0.4, -0.2) is 54.4 Å². The fraction of sp³-hybridized carbons (Fsp3) is 0.393. The molecule has 0 saturated heterocycles. The zero-order valence-corrected chi connectivity index (χ0v) is 29.3. The van der Waals surface area contributed by atoms with Crippen LogP contribution >= 0.6 is 39.9 Å². The molecule has 0 unspecified atom stereocenters. The number of aliphatic hydroxyl groups is 1. The lowest BCUT2D eigenvalue weighted by molar-refractivity contribution is 0.192. The van der Waals surface area contributed by atoms with Crippen molar-refractivity contribution in [3.05, 3.63) is 101 Å². The van der Waals surface area contributed by atoms with E-state index in [4.69, 9.17) is 5.11 Å². The smallest absolute Gasteiger partial charge is 0.251 e. The van der Waals surface area contributed by atoms with Crippen LogP contribution in [-0.2, 0) is 18.1 Å². The highest BCUT2D eigenvalue weighted by Crippen LogP contribution is 2.15. The first kappa shape index (κ1) is 36.6. The monoisotopic (exact) mass is 706 g/mol. The lowest BCUT2D eigenvalue weighted by atomic mass is 10.4. The van der Waals surface area contributed by atoms with Crippen molar-refractivity contribution in [2.24, 2.45) is 0 Å². The Hall–Kier alpha value is -3.60. The van der Waals surface area contributed by atoms with Crippen LogP contribution in [0.1, 0.15) is 45.6 Å². The van der Waals surface area contributed by atoms with Gasteiger partial charge >= 0.3 is 0 Å². The highest BCUT2D eigenvalue weighted by molar-refractivity contribution is 9.08. The van der Waals surface area contributed by atoms with E-state index < -0.39 is 0 Å². The second-order valence-corrected chi connectivity index (χ2v) is 11.6. The van der Waals surface area contributed by atoms with E-state index in [1.165, 1.54) is 29.6 Å². The molecule has 4 N–H and O–H groups in total. The molecule has 0 aliphatic carbocycles. The number of hydrogen-bond acceptors (Lipinski definition) is 9. The minimum absolute atomic E-state index is 0.0281. The normalized spacial score (nSPS) is 10.2. The number of aromatic nitrogens is 10. The van der Waals surface area contributed by atoms with Gasteiger partial charge in [-0.15, -0.1) is 0 Å². The molecule has 0 radical (unpaired) electrons. The molecule has 0 bridgehead atoms. The van der Waals surface area contributed by atoms with Gasteiger partial charge in [-0.2, -0.15) is 15.3 Å². The van der Waals surface area contributed by atoms with Gasteiger partial charge < -0.3 is 15.1 Å². The Morgan fingerprint density at radius 1 is 0.727 bits per heavy atom. The SMILES string of the molecule is Cc1cc(=O)[nH]c(=S)[nH]1.Cc1cc(=O)[nH]c(SCn2nc(C)cc2C)n1.Cc1cc(C)n(CBr)n1.Cc1cc(C)n(CO)n1. The molecular formula is C28H39BrN10O3S2. The maximum absolute atomic E-state index is 11.3. The van der Waals surface area contributed by atoms with Crippen molar-refractivity contribution in [1.82, 2.24) is 49.3 Å². The Morgan fingerprint density at radius 2 is 1.23 bits per heavy atom. The largest absolute Gasteiger partial charge is 0.374 e. The van der Waals surface area contributed by atoms with E-state index in [9.17, 15) is 9.59 Å².